The van der Waals surface area contributed by atoms with Gasteiger partial charge < -0.3 is 4.52 Å². The maximum Gasteiger partial charge on any atom is 0.317 e. The molecule has 26 heavy (non-hydrogen) atoms. The Morgan fingerprint density at radius 1 is 0.846 bits per heavy atom. The summed E-state index contributed by atoms with van der Waals surface area (Å²) in [5, 5.41) is 0. The van der Waals surface area contributed by atoms with Gasteiger partial charge in [0.05, 0.1) is 5.69 Å². The highest BCUT2D eigenvalue weighted by Crippen LogP contribution is 2.59. The van der Waals surface area contributed by atoms with Crippen molar-refractivity contribution in [2.45, 2.75) is 12.5 Å². The number of carbonyl (C=O) groups excluding carboxylic acids is 1. The molecule has 5 heteroatoms. The van der Waals surface area contributed by atoms with Gasteiger partial charge in [-0.05, 0) is 35.9 Å². The van der Waals surface area contributed by atoms with E-state index < -0.39 is 8.45 Å². The minimum absolute atomic E-state index is 0.106. The molecule has 1 saturated heterocycles. The zero-order valence-corrected chi connectivity index (χ0v) is 14.9. The van der Waals surface area contributed by atoms with E-state index in [4.69, 9.17) is 4.52 Å². The van der Waals surface area contributed by atoms with E-state index in [9.17, 15) is 4.79 Å². The molecule has 2 atom stereocenters. The van der Waals surface area contributed by atoms with Crippen LogP contribution in [0.2, 0.25) is 0 Å². The Morgan fingerprint density at radius 2 is 1.50 bits per heavy atom. The van der Waals surface area contributed by atoms with Crippen molar-refractivity contribution in [2.75, 3.05) is 9.34 Å². The fraction of sp³-hybridized carbons (Fsp3) is 0.0952. The first kappa shape index (κ1) is 15.4. The van der Waals surface area contributed by atoms with Crippen LogP contribution in [-0.4, -0.2) is 11.9 Å². The summed E-state index contributed by atoms with van der Waals surface area (Å²) in [5.74, 6) is 0.881. The van der Waals surface area contributed by atoms with Crippen molar-refractivity contribution >= 4 is 25.7 Å². The maximum atomic E-state index is 13.3. The molecule has 128 valence electrons. The van der Waals surface area contributed by atoms with Crippen molar-refractivity contribution in [1.29, 1.82) is 0 Å². The lowest BCUT2D eigenvalue weighted by atomic mass is 10.1. The second-order valence-corrected chi connectivity index (χ2v) is 7.85. The van der Waals surface area contributed by atoms with E-state index in [0.29, 0.717) is 0 Å². The number of rotatable bonds is 3. The molecule has 3 aromatic carbocycles. The number of para-hydroxylation sites is 3. The van der Waals surface area contributed by atoms with Crippen LogP contribution in [-0.2, 0) is 11.2 Å². The number of nitrogens with zero attached hydrogens (tertiary/aromatic N) is 2. The first-order chi connectivity index (χ1) is 12.8. The van der Waals surface area contributed by atoms with Crippen molar-refractivity contribution in [3.05, 3.63) is 90.5 Å². The molecule has 2 aliphatic heterocycles. The third kappa shape index (κ3) is 2.38. The second-order valence-electron chi connectivity index (χ2n) is 6.34. The number of hydrogen-bond acceptors (Lipinski definition) is 3. The van der Waals surface area contributed by atoms with Gasteiger partial charge in [0.25, 0.3) is 5.91 Å². The molecule has 1 unspecified atom stereocenters. The van der Waals surface area contributed by atoms with Gasteiger partial charge in [0.2, 0.25) is 0 Å². The van der Waals surface area contributed by atoms with E-state index in [0.717, 1.165) is 23.5 Å². The highest BCUT2D eigenvalue weighted by molar-refractivity contribution is 7.58. The molecule has 0 N–H and O–H groups in total. The van der Waals surface area contributed by atoms with Crippen LogP contribution in [0.1, 0.15) is 5.56 Å². The number of benzene rings is 3. The summed E-state index contributed by atoms with van der Waals surface area (Å²) in [6.45, 7) is 0. The van der Waals surface area contributed by atoms with Gasteiger partial charge in [-0.3, -0.25) is 9.46 Å². The number of amides is 1. The molecule has 2 aliphatic rings. The van der Waals surface area contributed by atoms with Gasteiger partial charge in [-0.25, -0.2) is 4.67 Å². The van der Waals surface area contributed by atoms with E-state index in [1.54, 1.807) is 0 Å². The number of fused-ring (bicyclic) bond motifs is 3. The second kappa shape index (κ2) is 6.15. The first-order valence-electron chi connectivity index (χ1n) is 8.62. The van der Waals surface area contributed by atoms with Crippen molar-refractivity contribution in [3.63, 3.8) is 0 Å². The van der Waals surface area contributed by atoms with Gasteiger partial charge >= 0.3 is 8.45 Å². The Balaban J connectivity index is 1.60. The largest absolute Gasteiger partial charge is 0.436 e. The minimum atomic E-state index is -1.31. The van der Waals surface area contributed by atoms with Crippen LogP contribution in [0.4, 0.5) is 11.4 Å². The zero-order valence-electron chi connectivity index (χ0n) is 14.0. The van der Waals surface area contributed by atoms with Gasteiger partial charge in [-0.1, -0.05) is 54.6 Å². The number of hydrogen-bond donors (Lipinski definition) is 0. The predicted octanol–water partition coefficient (Wildman–Crippen LogP) is 4.77. The topological polar surface area (TPSA) is 32.8 Å². The van der Waals surface area contributed by atoms with Crippen LogP contribution >= 0.6 is 8.45 Å². The lowest BCUT2D eigenvalue weighted by Gasteiger charge is -2.29. The molecule has 3 aromatic rings. The summed E-state index contributed by atoms with van der Waals surface area (Å²) >= 11 is 0. The van der Waals surface area contributed by atoms with Crippen LogP contribution in [0, 0.1) is 0 Å². The molecular weight excluding hydrogens is 343 g/mol. The highest BCUT2D eigenvalue weighted by Gasteiger charge is 2.53. The normalized spacial score (nSPS) is 20.8. The van der Waals surface area contributed by atoms with E-state index in [1.807, 2.05) is 77.5 Å². The van der Waals surface area contributed by atoms with Crippen molar-refractivity contribution in [1.82, 2.24) is 0 Å². The third-order valence-corrected chi connectivity index (χ3v) is 6.73. The van der Waals surface area contributed by atoms with E-state index in [2.05, 4.69) is 16.8 Å². The molecule has 1 amide bonds. The Hall–Kier alpha value is -2.84. The minimum Gasteiger partial charge on any atom is -0.436 e. The molecule has 5 rings (SSSR count). The van der Waals surface area contributed by atoms with Gasteiger partial charge in [0.1, 0.15) is 11.8 Å². The predicted molar refractivity (Wildman–Crippen MR) is 104 cm³/mol. The fourth-order valence-electron chi connectivity index (χ4n) is 3.55. The van der Waals surface area contributed by atoms with Crippen LogP contribution in [0.3, 0.4) is 0 Å². The van der Waals surface area contributed by atoms with Crippen molar-refractivity contribution in [2.24, 2.45) is 0 Å². The van der Waals surface area contributed by atoms with Gasteiger partial charge in [0, 0.05) is 12.1 Å². The standard InChI is InChI=1S/C21H17N2O2P/c24-21-20-15-16-9-7-8-14-19(16)23(20)26(25-18-12-5-2-6-13-18)22(21)17-10-3-1-4-11-17/h1-14,20H,15H2/t20-,26?/m0/s1. The summed E-state index contributed by atoms with van der Waals surface area (Å²) in [7, 11) is -1.31. The monoisotopic (exact) mass is 360 g/mol. The average Bonchev–Trinajstić information content (AvgIpc) is 3.19. The highest BCUT2D eigenvalue weighted by atomic mass is 31.2. The van der Waals surface area contributed by atoms with E-state index in [1.165, 1.54) is 5.56 Å². The van der Waals surface area contributed by atoms with Crippen molar-refractivity contribution in [3.8, 4) is 5.75 Å². The Morgan fingerprint density at radius 3 is 2.27 bits per heavy atom. The molecular formula is C21H17N2O2P. The maximum absolute atomic E-state index is 13.3. The molecule has 0 bridgehead atoms. The van der Waals surface area contributed by atoms with Crippen LogP contribution in [0.5, 0.6) is 5.75 Å². The van der Waals surface area contributed by atoms with Gasteiger partial charge in [0.15, 0.2) is 0 Å². The summed E-state index contributed by atoms with van der Waals surface area (Å²) in [4.78, 5) is 13.3. The Bertz CT molecular complexity index is 948. The Kier molecular flexibility index (Phi) is 3.65. The third-order valence-electron chi connectivity index (χ3n) is 4.73. The number of anilines is 2. The van der Waals surface area contributed by atoms with Crippen molar-refractivity contribution < 1.29 is 9.32 Å². The number of carbonyl (C=O) groups is 1. The average molecular weight is 360 g/mol. The molecule has 0 saturated carbocycles. The molecule has 4 nitrogen and oxygen atoms in total. The molecule has 0 radical (unpaired) electrons. The lowest BCUT2D eigenvalue weighted by molar-refractivity contribution is -0.117. The Labute approximate surface area is 153 Å². The fourth-order valence-corrected chi connectivity index (χ4v) is 5.65. The molecule has 2 heterocycles. The van der Waals surface area contributed by atoms with E-state index >= 15 is 0 Å². The summed E-state index contributed by atoms with van der Waals surface area (Å²) < 4.78 is 10.4. The zero-order chi connectivity index (χ0) is 17.5. The van der Waals surface area contributed by atoms with E-state index in [-0.39, 0.29) is 11.9 Å². The SMILES string of the molecule is O=C1[C@@H]2Cc3ccccc3N2P(Oc2ccccc2)N1c1ccccc1. The summed E-state index contributed by atoms with van der Waals surface area (Å²) in [6.07, 6.45) is 0.731. The summed E-state index contributed by atoms with van der Waals surface area (Å²) in [5.41, 5.74) is 3.19. The first-order valence-corrected chi connectivity index (χ1v) is 9.78. The summed E-state index contributed by atoms with van der Waals surface area (Å²) in [6, 6.07) is 27.6. The van der Waals surface area contributed by atoms with Crippen LogP contribution < -0.4 is 13.9 Å². The molecule has 0 spiro atoms. The molecule has 0 aromatic heterocycles. The van der Waals surface area contributed by atoms with Gasteiger partial charge in [-0.2, -0.15) is 0 Å². The lowest BCUT2D eigenvalue weighted by Crippen LogP contribution is -2.30. The smallest absolute Gasteiger partial charge is 0.317 e. The molecule has 0 aliphatic carbocycles. The van der Waals surface area contributed by atoms with Gasteiger partial charge in [-0.15, -0.1) is 0 Å². The quantitative estimate of drug-likeness (QED) is 0.631. The van der Waals surface area contributed by atoms with Crippen LogP contribution in [0.15, 0.2) is 84.9 Å². The van der Waals surface area contributed by atoms with Crippen LogP contribution in [0.25, 0.3) is 0 Å². The molecule has 1 fully saturated rings.